The number of hydrogen-bond acceptors (Lipinski definition) is 3. The van der Waals surface area contributed by atoms with E-state index in [1.165, 1.54) is 4.31 Å². The van der Waals surface area contributed by atoms with Gasteiger partial charge >= 0.3 is 0 Å². The molecule has 0 bridgehead atoms. The number of likely N-dealkylation sites (tertiary alicyclic amines) is 1. The number of rotatable bonds is 4. The first-order valence-corrected chi connectivity index (χ1v) is 10.4. The lowest BCUT2D eigenvalue weighted by Crippen LogP contribution is -2.45. The maximum absolute atomic E-state index is 12.7. The zero-order valence-electron chi connectivity index (χ0n) is 14.7. The standard InChI is InChI=1S/C19H24N2O3S/c1-15-10-12-20(13-11-15)19(22)14-21(25(2,23)24)18-9-5-7-16-6-3-4-8-17(16)18/h3-9,15H,10-14H2,1-2H3. The van der Waals surface area contributed by atoms with E-state index >= 15 is 0 Å². The van der Waals surface area contributed by atoms with Crippen molar-refractivity contribution in [2.45, 2.75) is 19.8 Å². The predicted octanol–water partition coefficient (Wildman–Crippen LogP) is 2.86. The van der Waals surface area contributed by atoms with Crippen molar-refractivity contribution in [3.63, 3.8) is 0 Å². The minimum Gasteiger partial charge on any atom is -0.341 e. The van der Waals surface area contributed by atoms with Crippen LogP contribution in [0.15, 0.2) is 42.5 Å². The molecule has 1 amide bonds. The van der Waals surface area contributed by atoms with Crippen molar-refractivity contribution in [3.8, 4) is 0 Å². The van der Waals surface area contributed by atoms with Crippen molar-refractivity contribution >= 4 is 32.4 Å². The molecule has 0 saturated carbocycles. The average molecular weight is 360 g/mol. The summed E-state index contributed by atoms with van der Waals surface area (Å²) in [5.41, 5.74) is 0.555. The molecule has 0 atom stereocenters. The number of benzene rings is 2. The largest absolute Gasteiger partial charge is 0.341 e. The Bertz CT molecular complexity index is 866. The highest BCUT2D eigenvalue weighted by molar-refractivity contribution is 7.92. The molecule has 0 aromatic heterocycles. The molecule has 0 unspecified atom stereocenters. The number of carbonyl (C=O) groups excluding carboxylic acids is 1. The number of nitrogens with zero attached hydrogens (tertiary/aromatic N) is 2. The summed E-state index contributed by atoms with van der Waals surface area (Å²) in [5.74, 6) is 0.485. The lowest BCUT2D eigenvalue weighted by molar-refractivity contribution is -0.130. The Morgan fingerprint density at radius 2 is 1.76 bits per heavy atom. The van der Waals surface area contributed by atoms with Crippen molar-refractivity contribution in [2.75, 3.05) is 30.2 Å². The fraction of sp³-hybridized carbons (Fsp3) is 0.421. The molecule has 0 N–H and O–H groups in total. The Kier molecular flexibility index (Phi) is 4.99. The van der Waals surface area contributed by atoms with Gasteiger partial charge in [-0.3, -0.25) is 9.10 Å². The normalized spacial score (nSPS) is 16.2. The van der Waals surface area contributed by atoms with Crippen LogP contribution in [0.5, 0.6) is 0 Å². The molecule has 1 saturated heterocycles. The predicted molar refractivity (Wildman–Crippen MR) is 101 cm³/mol. The smallest absolute Gasteiger partial charge is 0.243 e. The second-order valence-electron chi connectivity index (χ2n) is 6.83. The van der Waals surface area contributed by atoms with E-state index in [-0.39, 0.29) is 12.5 Å². The summed E-state index contributed by atoms with van der Waals surface area (Å²) in [4.78, 5) is 14.5. The SMILES string of the molecule is CC1CCN(C(=O)CN(c2cccc3ccccc23)S(C)(=O)=O)CC1. The van der Waals surface area contributed by atoms with E-state index in [4.69, 9.17) is 0 Å². The summed E-state index contributed by atoms with van der Waals surface area (Å²) < 4.78 is 26.0. The highest BCUT2D eigenvalue weighted by Gasteiger charge is 2.27. The number of fused-ring (bicyclic) bond motifs is 1. The van der Waals surface area contributed by atoms with E-state index in [9.17, 15) is 13.2 Å². The molecular weight excluding hydrogens is 336 g/mol. The first-order valence-electron chi connectivity index (χ1n) is 8.59. The number of carbonyl (C=O) groups is 1. The molecule has 25 heavy (non-hydrogen) atoms. The van der Waals surface area contributed by atoms with Gasteiger partial charge in [-0.05, 0) is 30.2 Å². The van der Waals surface area contributed by atoms with Crippen LogP contribution in [0, 0.1) is 5.92 Å². The van der Waals surface area contributed by atoms with Gasteiger partial charge in [-0.2, -0.15) is 0 Å². The third kappa shape index (κ3) is 3.95. The highest BCUT2D eigenvalue weighted by atomic mass is 32.2. The second-order valence-corrected chi connectivity index (χ2v) is 8.74. The molecule has 1 aliphatic rings. The van der Waals surface area contributed by atoms with Gasteiger partial charge in [0.2, 0.25) is 15.9 Å². The summed E-state index contributed by atoms with van der Waals surface area (Å²) in [7, 11) is -3.57. The van der Waals surface area contributed by atoms with Gasteiger partial charge in [-0.1, -0.05) is 43.3 Å². The number of piperidine rings is 1. The van der Waals surface area contributed by atoms with Gasteiger partial charge in [0.1, 0.15) is 6.54 Å². The van der Waals surface area contributed by atoms with Gasteiger partial charge in [-0.25, -0.2) is 8.42 Å². The first kappa shape index (κ1) is 17.7. The van der Waals surface area contributed by atoms with Crippen LogP contribution in [0.3, 0.4) is 0 Å². The molecule has 1 heterocycles. The van der Waals surface area contributed by atoms with E-state index in [1.807, 2.05) is 36.4 Å². The number of sulfonamides is 1. The minimum atomic E-state index is -3.57. The zero-order valence-corrected chi connectivity index (χ0v) is 15.5. The summed E-state index contributed by atoms with van der Waals surface area (Å²) >= 11 is 0. The Morgan fingerprint density at radius 1 is 1.12 bits per heavy atom. The molecule has 2 aromatic rings. The van der Waals surface area contributed by atoms with Gasteiger partial charge < -0.3 is 4.90 Å². The number of hydrogen-bond donors (Lipinski definition) is 0. The van der Waals surface area contributed by atoms with Crippen LogP contribution in [0.2, 0.25) is 0 Å². The average Bonchev–Trinajstić information content (AvgIpc) is 2.59. The lowest BCUT2D eigenvalue weighted by atomic mass is 9.99. The Balaban J connectivity index is 1.92. The third-order valence-electron chi connectivity index (χ3n) is 4.85. The molecule has 134 valence electrons. The quantitative estimate of drug-likeness (QED) is 0.842. The molecule has 0 radical (unpaired) electrons. The van der Waals surface area contributed by atoms with Crippen LogP contribution >= 0.6 is 0 Å². The Hall–Kier alpha value is -2.08. The zero-order chi connectivity index (χ0) is 18.0. The van der Waals surface area contributed by atoms with E-state index in [2.05, 4.69) is 6.92 Å². The van der Waals surface area contributed by atoms with Gasteiger partial charge in [0, 0.05) is 18.5 Å². The van der Waals surface area contributed by atoms with Gasteiger partial charge in [0.25, 0.3) is 0 Å². The van der Waals surface area contributed by atoms with Crippen molar-refractivity contribution in [1.29, 1.82) is 0 Å². The molecule has 0 spiro atoms. The topological polar surface area (TPSA) is 57.7 Å². The van der Waals surface area contributed by atoms with Crippen LogP contribution < -0.4 is 4.31 Å². The highest BCUT2D eigenvalue weighted by Crippen LogP contribution is 2.28. The maximum atomic E-state index is 12.7. The van der Waals surface area contributed by atoms with Gasteiger partial charge in [-0.15, -0.1) is 0 Å². The van der Waals surface area contributed by atoms with Gasteiger partial charge in [0.05, 0.1) is 11.9 Å². The molecule has 1 fully saturated rings. The molecule has 3 rings (SSSR count). The molecule has 6 heteroatoms. The van der Waals surface area contributed by atoms with Crippen molar-refractivity contribution < 1.29 is 13.2 Å². The number of anilines is 1. The van der Waals surface area contributed by atoms with E-state index in [0.29, 0.717) is 24.7 Å². The Labute approximate surface area is 149 Å². The molecule has 1 aliphatic heterocycles. The Morgan fingerprint density at radius 3 is 2.44 bits per heavy atom. The molecular formula is C19H24N2O3S. The van der Waals surface area contributed by atoms with Crippen molar-refractivity contribution in [1.82, 2.24) is 4.90 Å². The third-order valence-corrected chi connectivity index (χ3v) is 5.98. The molecule has 5 nitrogen and oxygen atoms in total. The fourth-order valence-electron chi connectivity index (χ4n) is 3.29. The van der Waals surface area contributed by atoms with Crippen LogP contribution in [0.25, 0.3) is 10.8 Å². The maximum Gasteiger partial charge on any atom is 0.243 e. The minimum absolute atomic E-state index is 0.134. The van der Waals surface area contributed by atoms with E-state index in [0.717, 1.165) is 29.9 Å². The van der Waals surface area contributed by atoms with E-state index < -0.39 is 10.0 Å². The summed E-state index contributed by atoms with van der Waals surface area (Å²) in [5, 5.41) is 1.78. The summed E-state index contributed by atoms with van der Waals surface area (Å²) in [6.07, 6.45) is 3.10. The van der Waals surface area contributed by atoms with Crippen LogP contribution in [-0.4, -0.2) is 45.1 Å². The van der Waals surface area contributed by atoms with Crippen LogP contribution in [-0.2, 0) is 14.8 Å². The van der Waals surface area contributed by atoms with Crippen LogP contribution in [0.4, 0.5) is 5.69 Å². The number of amides is 1. The molecule has 0 aliphatic carbocycles. The second kappa shape index (κ2) is 7.04. The monoisotopic (exact) mass is 360 g/mol. The first-order chi connectivity index (χ1) is 11.9. The van der Waals surface area contributed by atoms with Crippen molar-refractivity contribution in [2.24, 2.45) is 5.92 Å². The molecule has 2 aromatic carbocycles. The summed E-state index contributed by atoms with van der Waals surface area (Å²) in [6, 6.07) is 13.1. The van der Waals surface area contributed by atoms with Crippen molar-refractivity contribution in [3.05, 3.63) is 42.5 Å². The van der Waals surface area contributed by atoms with Crippen LogP contribution in [0.1, 0.15) is 19.8 Å². The fourth-order valence-corrected chi connectivity index (χ4v) is 4.15. The summed E-state index contributed by atoms with van der Waals surface area (Å²) in [6.45, 7) is 3.43. The lowest BCUT2D eigenvalue weighted by Gasteiger charge is -2.32. The van der Waals surface area contributed by atoms with E-state index in [1.54, 1.807) is 11.0 Å². The van der Waals surface area contributed by atoms with Gasteiger partial charge in [0.15, 0.2) is 0 Å².